The van der Waals surface area contributed by atoms with Crippen LogP contribution >= 0.6 is 0 Å². The fourth-order valence-corrected chi connectivity index (χ4v) is 2.16. The van der Waals surface area contributed by atoms with Gasteiger partial charge in [-0.05, 0) is 38.1 Å². The summed E-state index contributed by atoms with van der Waals surface area (Å²) in [6.45, 7) is 4.26. The highest BCUT2D eigenvalue weighted by molar-refractivity contribution is 5.83. The standard InChI is InChI=1S/C15H15N3O/c1-9-5-12-6-11(3-4-15(12)19-9)14-8-17-10(2)13(7-16)18-14/h3-6,8H,7,16H2,1-2H3. The van der Waals surface area contributed by atoms with Crippen molar-refractivity contribution < 1.29 is 4.42 Å². The molecule has 2 aromatic heterocycles. The first kappa shape index (κ1) is 11.9. The van der Waals surface area contributed by atoms with Gasteiger partial charge in [0.05, 0.1) is 23.3 Å². The Hall–Kier alpha value is -2.20. The van der Waals surface area contributed by atoms with Crippen LogP contribution in [0.4, 0.5) is 0 Å². The van der Waals surface area contributed by atoms with Crippen LogP contribution in [0.1, 0.15) is 17.1 Å². The van der Waals surface area contributed by atoms with Crippen molar-refractivity contribution in [1.29, 1.82) is 0 Å². The van der Waals surface area contributed by atoms with E-state index in [1.807, 2.05) is 32.0 Å². The average molecular weight is 253 g/mol. The van der Waals surface area contributed by atoms with E-state index in [2.05, 4.69) is 16.0 Å². The van der Waals surface area contributed by atoms with Crippen molar-refractivity contribution in [3.63, 3.8) is 0 Å². The number of hydrogen-bond acceptors (Lipinski definition) is 4. The minimum Gasteiger partial charge on any atom is -0.461 e. The minimum absolute atomic E-state index is 0.403. The molecule has 4 heteroatoms. The molecular weight excluding hydrogens is 238 g/mol. The van der Waals surface area contributed by atoms with Crippen molar-refractivity contribution in [2.45, 2.75) is 20.4 Å². The first-order chi connectivity index (χ1) is 9.17. The van der Waals surface area contributed by atoms with E-state index in [4.69, 9.17) is 10.2 Å². The van der Waals surface area contributed by atoms with Crippen LogP contribution < -0.4 is 5.73 Å². The van der Waals surface area contributed by atoms with Gasteiger partial charge in [0.1, 0.15) is 11.3 Å². The lowest BCUT2D eigenvalue weighted by Gasteiger charge is -2.05. The molecule has 0 amide bonds. The van der Waals surface area contributed by atoms with Gasteiger partial charge >= 0.3 is 0 Å². The van der Waals surface area contributed by atoms with E-state index in [0.29, 0.717) is 6.54 Å². The van der Waals surface area contributed by atoms with Crippen molar-refractivity contribution in [2.24, 2.45) is 5.73 Å². The molecule has 0 spiro atoms. The first-order valence-electron chi connectivity index (χ1n) is 6.20. The maximum Gasteiger partial charge on any atom is 0.134 e. The Kier molecular flexibility index (Phi) is 2.80. The lowest BCUT2D eigenvalue weighted by molar-refractivity contribution is 0.578. The van der Waals surface area contributed by atoms with Gasteiger partial charge in [-0.2, -0.15) is 0 Å². The SMILES string of the molecule is Cc1cc2cc(-c3cnc(C)c(CN)n3)ccc2o1. The van der Waals surface area contributed by atoms with E-state index in [0.717, 1.165) is 39.4 Å². The average Bonchev–Trinajstić information content (AvgIpc) is 2.78. The smallest absolute Gasteiger partial charge is 0.134 e. The number of fused-ring (bicyclic) bond motifs is 1. The Morgan fingerprint density at radius 2 is 2.05 bits per heavy atom. The summed E-state index contributed by atoms with van der Waals surface area (Å²) in [4.78, 5) is 8.90. The van der Waals surface area contributed by atoms with Gasteiger partial charge in [-0.25, -0.2) is 4.98 Å². The molecule has 0 bridgehead atoms. The zero-order valence-corrected chi connectivity index (χ0v) is 11.0. The second kappa shape index (κ2) is 4.48. The summed E-state index contributed by atoms with van der Waals surface area (Å²) in [7, 11) is 0. The summed E-state index contributed by atoms with van der Waals surface area (Å²) in [5.74, 6) is 0.907. The Bertz CT molecular complexity index is 746. The zero-order chi connectivity index (χ0) is 13.4. The predicted octanol–water partition coefficient (Wildman–Crippen LogP) is 2.97. The highest BCUT2D eigenvalue weighted by Crippen LogP contribution is 2.25. The van der Waals surface area contributed by atoms with Crippen LogP contribution in [-0.4, -0.2) is 9.97 Å². The molecule has 19 heavy (non-hydrogen) atoms. The van der Waals surface area contributed by atoms with Crippen LogP contribution in [-0.2, 0) is 6.54 Å². The summed E-state index contributed by atoms with van der Waals surface area (Å²) in [5.41, 5.74) is 10.1. The third kappa shape index (κ3) is 2.11. The Morgan fingerprint density at radius 3 is 2.84 bits per heavy atom. The fraction of sp³-hybridized carbons (Fsp3) is 0.200. The molecule has 0 aliphatic rings. The molecule has 0 fully saturated rings. The number of furan rings is 1. The molecule has 0 saturated heterocycles. The van der Waals surface area contributed by atoms with Gasteiger partial charge in [0.15, 0.2) is 0 Å². The van der Waals surface area contributed by atoms with Crippen LogP contribution in [0.2, 0.25) is 0 Å². The number of hydrogen-bond donors (Lipinski definition) is 1. The molecule has 0 atom stereocenters. The monoisotopic (exact) mass is 253 g/mol. The van der Waals surface area contributed by atoms with Crippen LogP contribution in [0.25, 0.3) is 22.2 Å². The van der Waals surface area contributed by atoms with Gasteiger partial charge in [-0.15, -0.1) is 0 Å². The maximum absolute atomic E-state index is 5.67. The molecule has 4 nitrogen and oxygen atoms in total. The van der Waals surface area contributed by atoms with Crippen molar-refractivity contribution in [3.05, 3.63) is 47.6 Å². The number of aromatic nitrogens is 2. The quantitative estimate of drug-likeness (QED) is 0.762. The molecule has 0 aliphatic heterocycles. The van der Waals surface area contributed by atoms with Gasteiger partial charge in [0.25, 0.3) is 0 Å². The lowest BCUT2D eigenvalue weighted by Crippen LogP contribution is -2.05. The molecule has 3 aromatic rings. The topological polar surface area (TPSA) is 64.9 Å². The van der Waals surface area contributed by atoms with Crippen LogP contribution in [0.15, 0.2) is 34.9 Å². The molecule has 0 radical (unpaired) electrons. The highest BCUT2D eigenvalue weighted by Gasteiger charge is 2.07. The lowest BCUT2D eigenvalue weighted by atomic mass is 10.1. The van der Waals surface area contributed by atoms with Crippen molar-refractivity contribution >= 4 is 11.0 Å². The fourth-order valence-electron chi connectivity index (χ4n) is 2.16. The molecule has 2 heterocycles. The summed E-state index contributed by atoms with van der Waals surface area (Å²) in [6, 6.07) is 8.03. The predicted molar refractivity (Wildman–Crippen MR) is 74.6 cm³/mol. The number of nitrogens with two attached hydrogens (primary N) is 1. The van der Waals surface area contributed by atoms with Gasteiger partial charge < -0.3 is 10.2 Å². The summed E-state index contributed by atoms with van der Waals surface area (Å²) in [5, 5.41) is 1.08. The number of benzene rings is 1. The van der Waals surface area contributed by atoms with Crippen molar-refractivity contribution in [2.75, 3.05) is 0 Å². The molecule has 0 unspecified atom stereocenters. The first-order valence-corrected chi connectivity index (χ1v) is 6.20. The molecular formula is C15H15N3O. The third-order valence-corrected chi connectivity index (χ3v) is 3.18. The molecule has 96 valence electrons. The largest absolute Gasteiger partial charge is 0.461 e. The normalized spacial score (nSPS) is 11.1. The second-order valence-electron chi connectivity index (χ2n) is 4.60. The Labute approximate surface area is 111 Å². The number of nitrogens with zero attached hydrogens (tertiary/aromatic N) is 2. The van der Waals surface area contributed by atoms with E-state index in [9.17, 15) is 0 Å². The van der Waals surface area contributed by atoms with E-state index >= 15 is 0 Å². The Balaban J connectivity index is 2.12. The number of rotatable bonds is 2. The maximum atomic E-state index is 5.67. The molecule has 3 rings (SSSR count). The molecule has 2 N–H and O–H groups in total. The minimum atomic E-state index is 0.403. The summed E-state index contributed by atoms with van der Waals surface area (Å²) in [6.07, 6.45) is 1.78. The number of aryl methyl sites for hydroxylation is 2. The van der Waals surface area contributed by atoms with E-state index in [-0.39, 0.29) is 0 Å². The highest BCUT2D eigenvalue weighted by atomic mass is 16.3. The van der Waals surface area contributed by atoms with Gasteiger partial charge in [-0.1, -0.05) is 0 Å². The molecule has 0 saturated carbocycles. The van der Waals surface area contributed by atoms with Gasteiger partial charge in [0.2, 0.25) is 0 Å². The van der Waals surface area contributed by atoms with E-state index in [1.54, 1.807) is 6.20 Å². The Morgan fingerprint density at radius 1 is 1.21 bits per heavy atom. The van der Waals surface area contributed by atoms with Gasteiger partial charge in [0, 0.05) is 17.5 Å². The van der Waals surface area contributed by atoms with Crippen LogP contribution in [0.3, 0.4) is 0 Å². The van der Waals surface area contributed by atoms with Crippen LogP contribution in [0, 0.1) is 13.8 Å². The molecule has 0 aliphatic carbocycles. The van der Waals surface area contributed by atoms with E-state index in [1.165, 1.54) is 0 Å². The summed E-state index contributed by atoms with van der Waals surface area (Å²) >= 11 is 0. The van der Waals surface area contributed by atoms with E-state index < -0.39 is 0 Å². The van der Waals surface area contributed by atoms with Gasteiger partial charge in [-0.3, -0.25) is 4.98 Å². The van der Waals surface area contributed by atoms with Crippen molar-refractivity contribution in [1.82, 2.24) is 9.97 Å². The third-order valence-electron chi connectivity index (χ3n) is 3.18. The second-order valence-corrected chi connectivity index (χ2v) is 4.60. The summed E-state index contributed by atoms with van der Waals surface area (Å²) < 4.78 is 5.57. The van der Waals surface area contributed by atoms with Crippen LogP contribution in [0.5, 0.6) is 0 Å². The molecule has 1 aromatic carbocycles. The van der Waals surface area contributed by atoms with Crippen molar-refractivity contribution in [3.8, 4) is 11.3 Å². The zero-order valence-electron chi connectivity index (χ0n) is 11.0.